The number of benzene rings is 5. The zero-order valence-corrected chi connectivity index (χ0v) is 24.1. The lowest BCUT2D eigenvalue weighted by atomic mass is 9.97. The molecule has 202 valence electrons. The van der Waals surface area contributed by atoms with Gasteiger partial charge in [-0.15, -0.1) is 11.3 Å². The standard InChI is InChI=1S/C40H31NS/c1-5-16-33(17-6-1)38(34-18-7-2-8-19-34)24-13-15-32-26-28-37(29-27-32)41(40-25-14-30-42-40)31-39(35-20-9-3-10-21-35)36-22-11-4-12-23-36/h1-31H. The Hall–Kier alpha value is -5.18. The number of hydrogen-bond acceptors (Lipinski definition) is 2. The van der Waals surface area contributed by atoms with Crippen LogP contribution in [0.1, 0.15) is 27.8 Å². The second-order valence-corrected chi connectivity index (χ2v) is 10.8. The van der Waals surface area contributed by atoms with Gasteiger partial charge >= 0.3 is 0 Å². The second-order valence-electron chi connectivity index (χ2n) is 9.86. The van der Waals surface area contributed by atoms with Crippen LogP contribution < -0.4 is 4.90 Å². The van der Waals surface area contributed by atoms with Crippen molar-refractivity contribution in [2.45, 2.75) is 0 Å². The van der Waals surface area contributed by atoms with E-state index >= 15 is 0 Å². The average Bonchev–Trinajstić information content (AvgIpc) is 3.61. The van der Waals surface area contributed by atoms with Crippen LogP contribution in [0.15, 0.2) is 181 Å². The van der Waals surface area contributed by atoms with Gasteiger partial charge in [-0.3, -0.25) is 0 Å². The third-order valence-corrected chi connectivity index (χ3v) is 7.93. The van der Waals surface area contributed by atoms with Crippen molar-refractivity contribution in [3.05, 3.63) is 209 Å². The Balaban J connectivity index is 1.33. The van der Waals surface area contributed by atoms with Crippen molar-refractivity contribution < 1.29 is 0 Å². The SMILES string of the molecule is C(=Cc1ccc(N(C=C(c2ccccc2)c2ccccc2)c2cccs2)cc1)C=C(c1ccccc1)c1ccccc1. The highest BCUT2D eigenvalue weighted by Crippen LogP contribution is 2.34. The smallest absolute Gasteiger partial charge is 0.0994 e. The van der Waals surface area contributed by atoms with Crippen molar-refractivity contribution in [2.24, 2.45) is 0 Å². The van der Waals surface area contributed by atoms with Gasteiger partial charge in [-0.2, -0.15) is 0 Å². The quantitative estimate of drug-likeness (QED) is 0.160. The summed E-state index contributed by atoms with van der Waals surface area (Å²) < 4.78 is 0. The van der Waals surface area contributed by atoms with Crippen LogP contribution in [0.3, 0.4) is 0 Å². The summed E-state index contributed by atoms with van der Waals surface area (Å²) in [4.78, 5) is 2.29. The van der Waals surface area contributed by atoms with Crippen molar-refractivity contribution in [1.82, 2.24) is 0 Å². The Morgan fingerprint density at radius 1 is 0.476 bits per heavy atom. The first kappa shape index (κ1) is 27.0. The first-order valence-electron chi connectivity index (χ1n) is 14.1. The van der Waals surface area contributed by atoms with Gasteiger partial charge in [0.1, 0.15) is 0 Å². The fourth-order valence-electron chi connectivity index (χ4n) is 4.95. The molecule has 42 heavy (non-hydrogen) atoms. The van der Waals surface area contributed by atoms with E-state index < -0.39 is 0 Å². The number of nitrogens with zero attached hydrogens (tertiary/aromatic N) is 1. The van der Waals surface area contributed by atoms with E-state index in [1.165, 1.54) is 38.4 Å². The first-order valence-corrected chi connectivity index (χ1v) is 15.0. The Morgan fingerprint density at radius 2 is 0.952 bits per heavy atom. The van der Waals surface area contributed by atoms with Crippen molar-refractivity contribution in [1.29, 1.82) is 0 Å². The van der Waals surface area contributed by atoms with Gasteiger partial charge in [0, 0.05) is 17.5 Å². The van der Waals surface area contributed by atoms with Crippen molar-refractivity contribution in [3.8, 4) is 0 Å². The highest BCUT2D eigenvalue weighted by Gasteiger charge is 2.12. The van der Waals surface area contributed by atoms with Gasteiger partial charge in [0.25, 0.3) is 0 Å². The molecule has 1 nitrogen and oxygen atoms in total. The van der Waals surface area contributed by atoms with Crippen LogP contribution in [0.5, 0.6) is 0 Å². The molecule has 6 rings (SSSR count). The number of anilines is 2. The monoisotopic (exact) mass is 557 g/mol. The van der Waals surface area contributed by atoms with E-state index in [4.69, 9.17) is 0 Å². The van der Waals surface area contributed by atoms with Gasteiger partial charge in [0.05, 0.1) is 5.00 Å². The molecule has 0 aliphatic rings. The minimum atomic E-state index is 1.11. The number of hydrogen-bond donors (Lipinski definition) is 0. The van der Waals surface area contributed by atoms with Gasteiger partial charge in [0.2, 0.25) is 0 Å². The van der Waals surface area contributed by atoms with Gasteiger partial charge in [0.15, 0.2) is 0 Å². The summed E-state index contributed by atoms with van der Waals surface area (Å²) in [6, 6.07) is 55.3. The zero-order chi connectivity index (χ0) is 28.4. The summed E-state index contributed by atoms with van der Waals surface area (Å²) >= 11 is 1.73. The average molecular weight is 558 g/mol. The first-order chi connectivity index (χ1) is 20.8. The van der Waals surface area contributed by atoms with Crippen LogP contribution in [0.2, 0.25) is 0 Å². The fraction of sp³-hybridized carbons (Fsp3) is 0. The largest absolute Gasteiger partial charge is 0.308 e. The molecule has 1 aromatic heterocycles. The summed E-state index contributed by atoms with van der Waals surface area (Å²) in [7, 11) is 0. The second kappa shape index (κ2) is 13.5. The van der Waals surface area contributed by atoms with Crippen molar-refractivity contribution in [2.75, 3.05) is 4.90 Å². The molecule has 0 aliphatic carbocycles. The normalized spacial score (nSPS) is 10.8. The Morgan fingerprint density at radius 3 is 1.40 bits per heavy atom. The molecule has 0 atom stereocenters. The lowest BCUT2D eigenvalue weighted by molar-refractivity contribution is 1.31. The van der Waals surface area contributed by atoms with E-state index in [1.54, 1.807) is 11.3 Å². The third-order valence-electron chi connectivity index (χ3n) is 7.06. The predicted octanol–water partition coefficient (Wildman–Crippen LogP) is 11.1. The minimum absolute atomic E-state index is 1.11. The van der Waals surface area contributed by atoms with Gasteiger partial charge in [-0.25, -0.2) is 0 Å². The molecule has 6 aromatic rings. The molecule has 0 amide bonds. The van der Waals surface area contributed by atoms with E-state index in [9.17, 15) is 0 Å². The van der Waals surface area contributed by atoms with E-state index in [0.29, 0.717) is 0 Å². The molecule has 2 heteroatoms. The molecule has 0 aliphatic heterocycles. The fourth-order valence-corrected chi connectivity index (χ4v) is 5.67. The molecule has 5 aromatic carbocycles. The van der Waals surface area contributed by atoms with Gasteiger partial charge in [-0.05, 0) is 63.0 Å². The Bertz CT molecular complexity index is 1680. The van der Waals surface area contributed by atoms with E-state index in [0.717, 1.165) is 11.3 Å². The predicted molar refractivity (Wildman–Crippen MR) is 182 cm³/mol. The third kappa shape index (κ3) is 6.58. The molecule has 0 N–H and O–H groups in total. The van der Waals surface area contributed by atoms with Crippen molar-refractivity contribution >= 4 is 39.2 Å². The zero-order valence-electron chi connectivity index (χ0n) is 23.3. The van der Waals surface area contributed by atoms with Crippen LogP contribution in [0.25, 0.3) is 17.2 Å². The molecule has 0 unspecified atom stereocenters. The molecule has 1 heterocycles. The number of thiophene rings is 1. The molecule has 0 fully saturated rings. The molecule has 0 bridgehead atoms. The topological polar surface area (TPSA) is 3.24 Å². The van der Waals surface area contributed by atoms with Gasteiger partial charge in [-0.1, -0.05) is 152 Å². The van der Waals surface area contributed by atoms with E-state index in [2.05, 4.69) is 192 Å². The van der Waals surface area contributed by atoms with Crippen LogP contribution in [0, 0.1) is 0 Å². The van der Waals surface area contributed by atoms with Crippen LogP contribution in [-0.4, -0.2) is 0 Å². The molecular formula is C40H31NS. The summed E-state index contributed by atoms with van der Waals surface area (Å²) in [6.07, 6.45) is 8.77. The van der Waals surface area contributed by atoms with Gasteiger partial charge < -0.3 is 4.90 Å². The molecule has 0 radical (unpaired) electrons. The maximum Gasteiger partial charge on any atom is 0.0994 e. The lowest BCUT2D eigenvalue weighted by Crippen LogP contribution is -2.08. The minimum Gasteiger partial charge on any atom is -0.308 e. The maximum atomic E-state index is 2.29. The van der Waals surface area contributed by atoms with Crippen LogP contribution in [0.4, 0.5) is 10.7 Å². The molecule has 0 saturated carbocycles. The summed E-state index contributed by atoms with van der Waals surface area (Å²) in [5.74, 6) is 0. The van der Waals surface area contributed by atoms with Crippen LogP contribution in [-0.2, 0) is 0 Å². The maximum absolute atomic E-state index is 2.29. The Kier molecular flexibility index (Phi) is 8.65. The lowest BCUT2D eigenvalue weighted by Gasteiger charge is -2.22. The number of allylic oxidation sites excluding steroid dienone is 2. The summed E-state index contributed by atoms with van der Waals surface area (Å²) in [5.41, 5.74) is 9.42. The summed E-state index contributed by atoms with van der Waals surface area (Å²) in [5, 5.41) is 3.29. The molecule has 0 saturated heterocycles. The molecular weight excluding hydrogens is 527 g/mol. The van der Waals surface area contributed by atoms with E-state index in [-0.39, 0.29) is 0 Å². The summed E-state index contributed by atoms with van der Waals surface area (Å²) in [6.45, 7) is 0. The number of rotatable bonds is 9. The molecule has 0 spiro atoms. The Labute approximate surface area is 252 Å². The highest BCUT2D eigenvalue weighted by atomic mass is 32.1. The van der Waals surface area contributed by atoms with Crippen molar-refractivity contribution in [3.63, 3.8) is 0 Å². The van der Waals surface area contributed by atoms with Crippen LogP contribution >= 0.6 is 11.3 Å². The van der Waals surface area contributed by atoms with E-state index in [1.807, 2.05) is 0 Å². The highest BCUT2D eigenvalue weighted by molar-refractivity contribution is 7.14.